The van der Waals surface area contributed by atoms with Gasteiger partial charge in [0.25, 0.3) is 0 Å². The summed E-state index contributed by atoms with van der Waals surface area (Å²) in [5, 5.41) is 6.75. The zero-order chi connectivity index (χ0) is 33.5. The van der Waals surface area contributed by atoms with Gasteiger partial charge in [-0.3, -0.25) is 0 Å². The Bertz CT molecular complexity index is 3010. The summed E-state index contributed by atoms with van der Waals surface area (Å²) in [6.07, 6.45) is 0. The number of fused-ring (bicyclic) bond motifs is 10. The fourth-order valence-corrected chi connectivity index (χ4v) is 7.99. The number of furan rings is 2. The van der Waals surface area contributed by atoms with Crippen LogP contribution < -0.4 is 0 Å². The monoisotopic (exact) mass is 651 g/mol. The van der Waals surface area contributed by atoms with Gasteiger partial charge in [0.05, 0.1) is 11.0 Å². The molecule has 0 aliphatic rings. The molecule has 0 aliphatic heterocycles. The van der Waals surface area contributed by atoms with E-state index in [0.717, 1.165) is 66.2 Å². The van der Waals surface area contributed by atoms with Crippen molar-refractivity contribution in [1.82, 2.24) is 4.57 Å². The van der Waals surface area contributed by atoms with Crippen LogP contribution >= 0.6 is 0 Å². The fourth-order valence-electron chi connectivity index (χ4n) is 7.99. The Morgan fingerprint density at radius 2 is 0.686 bits per heavy atom. The van der Waals surface area contributed by atoms with E-state index < -0.39 is 0 Å². The summed E-state index contributed by atoms with van der Waals surface area (Å²) in [5.41, 5.74) is 14.0. The van der Waals surface area contributed by atoms with E-state index >= 15 is 0 Å². The number of rotatable bonds is 4. The third-order valence-corrected chi connectivity index (χ3v) is 10.4. The Labute approximate surface area is 293 Å². The molecule has 51 heavy (non-hydrogen) atoms. The van der Waals surface area contributed by atoms with Gasteiger partial charge in [0.1, 0.15) is 22.3 Å². The van der Waals surface area contributed by atoms with Crippen LogP contribution in [0.2, 0.25) is 0 Å². The van der Waals surface area contributed by atoms with Gasteiger partial charge in [-0.25, -0.2) is 0 Å². The molecule has 11 aromatic rings. The molecule has 3 heteroatoms. The van der Waals surface area contributed by atoms with Crippen molar-refractivity contribution in [3.05, 3.63) is 176 Å². The predicted octanol–water partition coefficient (Wildman–Crippen LogP) is 13.6. The van der Waals surface area contributed by atoms with E-state index in [4.69, 9.17) is 8.83 Å². The molecule has 0 spiro atoms. The van der Waals surface area contributed by atoms with Crippen molar-refractivity contribution >= 4 is 65.7 Å². The highest BCUT2D eigenvalue weighted by Crippen LogP contribution is 2.43. The molecule has 0 bridgehead atoms. The fraction of sp³-hybridized carbons (Fsp3) is 0. The first-order valence-electron chi connectivity index (χ1n) is 17.3. The molecule has 0 saturated heterocycles. The van der Waals surface area contributed by atoms with Gasteiger partial charge in [0, 0.05) is 38.0 Å². The Hall–Kier alpha value is -6.84. The quantitative estimate of drug-likeness (QED) is 0.190. The molecule has 238 valence electrons. The van der Waals surface area contributed by atoms with Crippen LogP contribution in [0.25, 0.3) is 105 Å². The Morgan fingerprint density at radius 1 is 0.294 bits per heavy atom. The van der Waals surface area contributed by atoms with E-state index in [-0.39, 0.29) is 0 Å². The average molecular weight is 652 g/mol. The van der Waals surface area contributed by atoms with E-state index in [2.05, 4.69) is 168 Å². The van der Waals surface area contributed by atoms with Crippen molar-refractivity contribution in [3.63, 3.8) is 0 Å². The first kappa shape index (κ1) is 28.0. The molecule has 0 fully saturated rings. The largest absolute Gasteiger partial charge is 0.456 e. The van der Waals surface area contributed by atoms with Crippen molar-refractivity contribution in [2.45, 2.75) is 0 Å². The van der Waals surface area contributed by atoms with Gasteiger partial charge in [-0.1, -0.05) is 109 Å². The third-order valence-electron chi connectivity index (χ3n) is 10.4. The number of hydrogen-bond donors (Lipinski definition) is 0. The van der Waals surface area contributed by atoms with Crippen molar-refractivity contribution in [2.24, 2.45) is 0 Å². The molecule has 0 N–H and O–H groups in total. The highest BCUT2D eigenvalue weighted by atomic mass is 16.3. The molecule has 0 radical (unpaired) electrons. The van der Waals surface area contributed by atoms with Crippen LogP contribution in [0.1, 0.15) is 0 Å². The van der Waals surface area contributed by atoms with Crippen LogP contribution in [0.4, 0.5) is 0 Å². The minimum atomic E-state index is 0.852. The molecule has 0 saturated carbocycles. The number of hydrogen-bond acceptors (Lipinski definition) is 2. The van der Waals surface area contributed by atoms with Gasteiger partial charge in [0.15, 0.2) is 0 Å². The zero-order valence-electron chi connectivity index (χ0n) is 27.5. The molecule has 8 aromatic carbocycles. The van der Waals surface area contributed by atoms with E-state index in [1.165, 1.54) is 38.6 Å². The molecule has 11 rings (SSSR count). The average Bonchev–Trinajstić information content (AvgIpc) is 3.87. The molecule has 0 unspecified atom stereocenters. The van der Waals surface area contributed by atoms with Crippen LogP contribution in [0.15, 0.2) is 185 Å². The summed E-state index contributed by atoms with van der Waals surface area (Å²) >= 11 is 0. The van der Waals surface area contributed by atoms with Crippen LogP contribution in [0.3, 0.4) is 0 Å². The summed E-state index contributed by atoms with van der Waals surface area (Å²) in [6.45, 7) is 0. The lowest BCUT2D eigenvalue weighted by molar-refractivity contribution is 0.663. The smallest absolute Gasteiger partial charge is 0.136 e. The second kappa shape index (κ2) is 10.8. The SMILES string of the molecule is c1ccc(-c2ccc3oc4ccc5oc6ccc(-n7c8ccc(-c9ccccc9)cc8c8cc(-c9ccccc9)ccc87)cc6c5c4c3c2)cc1. The van der Waals surface area contributed by atoms with Crippen molar-refractivity contribution in [3.8, 4) is 39.1 Å². The minimum Gasteiger partial charge on any atom is -0.456 e. The lowest BCUT2D eigenvalue weighted by Crippen LogP contribution is -1.93. The maximum absolute atomic E-state index is 6.52. The molecule has 3 nitrogen and oxygen atoms in total. The van der Waals surface area contributed by atoms with Gasteiger partial charge in [0.2, 0.25) is 0 Å². The Kier molecular flexibility index (Phi) is 5.96. The number of benzene rings is 8. The lowest BCUT2D eigenvalue weighted by atomic mass is 10.0. The second-order valence-electron chi connectivity index (χ2n) is 13.3. The molecule has 3 heterocycles. The Balaban J connectivity index is 1.18. The summed E-state index contributed by atoms with van der Waals surface area (Å²) in [5.74, 6) is 0. The van der Waals surface area contributed by atoms with Crippen LogP contribution in [0, 0.1) is 0 Å². The predicted molar refractivity (Wildman–Crippen MR) is 212 cm³/mol. The molecule has 0 amide bonds. The van der Waals surface area contributed by atoms with Gasteiger partial charge in [-0.05, 0) is 100 Å². The maximum Gasteiger partial charge on any atom is 0.136 e. The second-order valence-corrected chi connectivity index (χ2v) is 13.3. The summed E-state index contributed by atoms with van der Waals surface area (Å²) in [4.78, 5) is 0. The standard InChI is InChI=1S/C48H29NO2/c1-4-10-30(11-5-1)33-16-20-41-37(26-33)38-27-34(31-12-6-2-7-13-31)17-21-42(38)49(41)36-19-23-44-40(29-36)48-46(51-44)25-24-45-47(48)39-28-35(18-22-43(39)50-45)32-14-8-3-9-15-32/h1-29H. The van der Waals surface area contributed by atoms with Gasteiger partial charge < -0.3 is 13.4 Å². The summed E-state index contributed by atoms with van der Waals surface area (Å²) in [7, 11) is 0. The molecule has 0 atom stereocenters. The van der Waals surface area contributed by atoms with Gasteiger partial charge >= 0.3 is 0 Å². The maximum atomic E-state index is 6.52. The summed E-state index contributed by atoms with van der Waals surface area (Å²) < 4.78 is 15.4. The van der Waals surface area contributed by atoms with E-state index in [1.807, 2.05) is 12.1 Å². The minimum absolute atomic E-state index is 0.852. The van der Waals surface area contributed by atoms with E-state index in [9.17, 15) is 0 Å². The molecular weight excluding hydrogens is 623 g/mol. The zero-order valence-corrected chi connectivity index (χ0v) is 27.5. The van der Waals surface area contributed by atoms with Gasteiger partial charge in [-0.15, -0.1) is 0 Å². The van der Waals surface area contributed by atoms with Gasteiger partial charge in [-0.2, -0.15) is 0 Å². The normalized spacial score (nSPS) is 11.9. The van der Waals surface area contributed by atoms with Crippen LogP contribution in [0.5, 0.6) is 0 Å². The third kappa shape index (κ3) is 4.32. The molecule has 0 aliphatic carbocycles. The van der Waals surface area contributed by atoms with Crippen molar-refractivity contribution < 1.29 is 8.83 Å². The highest BCUT2D eigenvalue weighted by molar-refractivity contribution is 6.26. The first-order valence-corrected chi connectivity index (χ1v) is 17.3. The first-order chi connectivity index (χ1) is 25.3. The number of nitrogens with zero attached hydrogens (tertiary/aromatic N) is 1. The van der Waals surface area contributed by atoms with Crippen LogP contribution in [-0.4, -0.2) is 4.57 Å². The van der Waals surface area contributed by atoms with Crippen LogP contribution in [-0.2, 0) is 0 Å². The topological polar surface area (TPSA) is 31.2 Å². The Morgan fingerprint density at radius 3 is 1.18 bits per heavy atom. The van der Waals surface area contributed by atoms with Crippen molar-refractivity contribution in [1.29, 1.82) is 0 Å². The van der Waals surface area contributed by atoms with E-state index in [1.54, 1.807) is 0 Å². The number of aromatic nitrogens is 1. The molecular formula is C48H29NO2. The van der Waals surface area contributed by atoms with E-state index in [0.29, 0.717) is 0 Å². The van der Waals surface area contributed by atoms with Crippen molar-refractivity contribution in [2.75, 3.05) is 0 Å². The summed E-state index contributed by atoms with van der Waals surface area (Å²) in [6, 6.07) is 62.6. The highest BCUT2D eigenvalue weighted by Gasteiger charge is 2.20. The lowest BCUT2D eigenvalue weighted by Gasteiger charge is -2.09. The molecule has 3 aromatic heterocycles.